The summed E-state index contributed by atoms with van der Waals surface area (Å²) in [6, 6.07) is 19.3. The van der Waals surface area contributed by atoms with Crippen molar-refractivity contribution in [2.24, 2.45) is 0 Å². The zero-order valence-corrected chi connectivity index (χ0v) is 13.2. The van der Waals surface area contributed by atoms with Crippen LogP contribution in [0.3, 0.4) is 0 Å². The monoisotopic (exact) mass is 290 g/mol. The molecule has 0 fully saturated rings. The van der Waals surface area contributed by atoms with E-state index in [0.29, 0.717) is 12.8 Å². The maximum absolute atomic E-state index is 9.92. The van der Waals surface area contributed by atoms with Crippen LogP contribution in [0.25, 0.3) is 0 Å². The topological polar surface area (TPSA) is 20.2 Å². The van der Waals surface area contributed by atoms with Crippen LogP contribution in [0.4, 0.5) is 0 Å². The predicted molar refractivity (Wildman–Crippen MR) is 93.2 cm³/mol. The minimum atomic E-state index is -0.824. The van der Waals surface area contributed by atoms with Crippen molar-refractivity contribution in [3.63, 3.8) is 0 Å². The summed E-state index contributed by atoms with van der Waals surface area (Å²) in [5, 5.41) is 9.92. The van der Waals surface area contributed by atoms with Gasteiger partial charge in [-0.25, -0.2) is 0 Å². The first-order valence-corrected chi connectivity index (χ1v) is 7.45. The largest absolute Gasteiger partial charge is 0.378 e. The maximum Gasteiger partial charge on any atom is 0.125 e. The molecule has 0 aliphatic rings. The Morgan fingerprint density at radius 2 is 1.32 bits per heavy atom. The van der Waals surface area contributed by atoms with E-state index in [1.807, 2.05) is 74.5 Å². The molecule has 0 unspecified atom stereocenters. The summed E-state index contributed by atoms with van der Waals surface area (Å²) in [5.41, 5.74) is 1.07. The van der Waals surface area contributed by atoms with Gasteiger partial charge in [0.15, 0.2) is 0 Å². The summed E-state index contributed by atoms with van der Waals surface area (Å²) in [6.45, 7) is 3.90. The van der Waals surface area contributed by atoms with Gasteiger partial charge in [0.2, 0.25) is 0 Å². The SMILES string of the molecule is C#Cc1ccccc1.CCC(O)(C#Cc1ccccc1)CC. The fourth-order valence-electron chi connectivity index (χ4n) is 1.67. The highest BCUT2D eigenvalue weighted by molar-refractivity contribution is 5.35. The highest BCUT2D eigenvalue weighted by Gasteiger charge is 2.17. The fraction of sp³-hybridized carbons (Fsp3) is 0.238. The van der Waals surface area contributed by atoms with Gasteiger partial charge in [0, 0.05) is 11.1 Å². The molecule has 0 saturated heterocycles. The molecule has 0 atom stereocenters. The third kappa shape index (κ3) is 6.31. The third-order valence-electron chi connectivity index (χ3n) is 3.32. The number of hydrogen-bond acceptors (Lipinski definition) is 1. The average Bonchev–Trinajstić information content (AvgIpc) is 2.62. The molecule has 22 heavy (non-hydrogen) atoms. The summed E-state index contributed by atoms with van der Waals surface area (Å²) >= 11 is 0. The van der Waals surface area contributed by atoms with Crippen LogP contribution in [0.2, 0.25) is 0 Å². The van der Waals surface area contributed by atoms with E-state index in [4.69, 9.17) is 6.42 Å². The van der Waals surface area contributed by atoms with E-state index in [1.165, 1.54) is 0 Å². The van der Waals surface area contributed by atoms with E-state index in [9.17, 15) is 5.11 Å². The van der Waals surface area contributed by atoms with Gasteiger partial charge in [-0.1, -0.05) is 68.0 Å². The van der Waals surface area contributed by atoms with E-state index in [0.717, 1.165) is 11.1 Å². The molecular weight excluding hydrogens is 268 g/mol. The van der Waals surface area contributed by atoms with Gasteiger partial charge in [0.25, 0.3) is 0 Å². The summed E-state index contributed by atoms with van der Waals surface area (Å²) in [5.74, 6) is 8.43. The summed E-state index contributed by atoms with van der Waals surface area (Å²) in [6.07, 6.45) is 6.44. The van der Waals surface area contributed by atoms with E-state index in [-0.39, 0.29) is 0 Å². The number of terminal acetylenes is 1. The van der Waals surface area contributed by atoms with E-state index in [1.54, 1.807) is 0 Å². The van der Waals surface area contributed by atoms with Crippen molar-refractivity contribution in [3.8, 4) is 24.2 Å². The quantitative estimate of drug-likeness (QED) is 0.820. The molecule has 0 aromatic heterocycles. The van der Waals surface area contributed by atoms with Gasteiger partial charge in [-0.05, 0) is 37.1 Å². The van der Waals surface area contributed by atoms with E-state index >= 15 is 0 Å². The van der Waals surface area contributed by atoms with Crippen molar-refractivity contribution in [2.45, 2.75) is 32.3 Å². The molecule has 0 spiro atoms. The van der Waals surface area contributed by atoms with Crippen molar-refractivity contribution in [1.29, 1.82) is 0 Å². The number of aliphatic hydroxyl groups is 1. The van der Waals surface area contributed by atoms with Gasteiger partial charge >= 0.3 is 0 Å². The molecule has 112 valence electrons. The van der Waals surface area contributed by atoms with Crippen molar-refractivity contribution in [1.82, 2.24) is 0 Å². The second-order valence-corrected chi connectivity index (χ2v) is 4.87. The molecule has 1 heteroatoms. The van der Waals surface area contributed by atoms with Crippen LogP contribution < -0.4 is 0 Å². The van der Waals surface area contributed by atoms with Crippen molar-refractivity contribution in [3.05, 3.63) is 71.8 Å². The van der Waals surface area contributed by atoms with Crippen LogP contribution in [0.15, 0.2) is 60.7 Å². The molecule has 0 radical (unpaired) electrons. The highest BCUT2D eigenvalue weighted by Crippen LogP contribution is 2.12. The number of hydrogen-bond donors (Lipinski definition) is 1. The van der Waals surface area contributed by atoms with Gasteiger partial charge in [0.1, 0.15) is 5.60 Å². The lowest BCUT2D eigenvalue weighted by molar-refractivity contribution is 0.0931. The van der Waals surface area contributed by atoms with Gasteiger partial charge in [-0.3, -0.25) is 0 Å². The standard InChI is InChI=1S/C13H16O.C8H6/c1-3-13(14,4-2)11-10-12-8-6-5-7-9-12;1-2-8-6-4-3-5-7-8/h5-9,14H,3-4H2,1-2H3;1,3-7H. The smallest absolute Gasteiger partial charge is 0.125 e. The molecule has 0 aliphatic carbocycles. The average molecular weight is 290 g/mol. The molecular formula is C21H22O. The highest BCUT2D eigenvalue weighted by atomic mass is 16.3. The predicted octanol–water partition coefficient (Wildman–Crippen LogP) is 4.26. The fourth-order valence-corrected chi connectivity index (χ4v) is 1.67. The molecule has 2 aromatic carbocycles. The van der Waals surface area contributed by atoms with Crippen molar-refractivity contribution >= 4 is 0 Å². The first kappa shape index (κ1) is 17.6. The van der Waals surface area contributed by atoms with Crippen LogP contribution in [-0.2, 0) is 0 Å². The lowest BCUT2D eigenvalue weighted by Crippen LogP contribution is -2.23. The van der Waals surface area contributed by atoms with Gasteiger partial charge < -0.3 is 5.11 Å². The molecule has 2 aromatic rings. The van der Waals surface area contributed by atoms with Crippen LogP contribution >= 0.6 is 0 Å². The minimum Gasteiger partial charge on any atom is -0.378 e. The molecule has 2 rings (SSSR count). The Morgan fingerprint density at radius 1 is 0.864 bits per heavy atom. The minimum absolute atomic E-state index is 0.670. The van der Waals surface area contributed by atoms with Gasteiger partial charge in [-0.2, -0.15) is 0 Å². The number of benzene rings is 2. The Labute approximate surface area is 134 Å². The zero-order valence-electron chi connectivity index (χ0n) is 13.2. The molecule has 0 aliphatic heterocycles. The summed E-state index contributed by atoms with van der Waals surface area (Å²) < 4.78 is 0. The second-order valence-electron chi connectivity index (χ2n) is 4.87. The Hall–Kier alpha value is -2.48. The lowest BCUT2D eigenvalue weighted by Gasteiger charge is -2.16. The van der Waals surface area contributed by atoms with Crippen LogP contribution in [0.1, 0.15) is 37.8 Å². The third-order valence-corrected chi connectivity index (χ3v) is 3.32. The summed E-state index contributed by atoms with van der Waals surface area (Å²) in [7, 11) is 0. The Balaban J connectivity index is 0.000000255. The summed E-state index contributed by atoms with van der Waals surface area (Å²) in [4.78, 5) is 0. The molecule has 1 nitrogen and oxygen atoms in total. The molecule has 0 heterocycles. The van der Waals surface area contributed by atoms with Crippen LogP contribution in [0.5, 0.6) is 0 Å². The Morgan fingerprint density at radius 3 is 1.68 bits per heavy atom. The van der Waals surface area contributed by atoms with Gasteiger partial charge in [-0.15, -0.1) is 6.42 Å². The lowest BCUT2D eigenvalue weighted by atomic mass is 9.98. The normalized spacial score (nSPS) is 9.55. The molecule has 0 saturated carbocycles. The molecule has 0 bridgehead atoms. The van der Waals surface area contributed by atoms with Crippen molar-refractivity contribution < 1.29 is 5.11 Å². The van der Waals surface area contributed by atoms with Crippen LogP contribution in [0, 0.1) is 24.2 Å². The van der Waals surface area contributed by atoms with Crippen molar-refractivity contribution in [2.75, 3.05) is 0 Å². The molecule has 1 N–H and O–H groups in total. The van der Waals surface area contributed by atoms with E-state index in [2.05, 4.69) is 17.8 Å². The first-order chi connectivity index (χ1) is 10.6. The number of rotatable bonds is 2. The first-order valence-electron chi connectivity index (χ1n) is 7.45. The Bertz CT molecular complexity index is 635. The molecule has 0 amide bonds. The zero-order chi connectivity index (χ0) is 16.3. The van der Waals surface area contributed by atoms with Crippen LogP contribution in [-0.4, -0.2) is 10.7 Å². The van der Waals surface area contributed by atoms with Gasteiger partial charge in [0.05, 0.1) is 0 Å². The Kier molecular flexibility index (Phi) is 7.55. The second kappa shape index (κ2) is 9.46. The van der Waals surface area contributed by atoms with E-state index < -0.39 is 5.60 Å². The maximum atomic E-state index is 9.92.